The summed E-state index contributed by atoms with van der Waals surface area (Å²) in [5.41, 5.74) is 6.13. The van der Waals surface area contributed by atoms with Gasteiger partial charge in [-0.3, -0.25) is 4.99 Å². The zero-order chi connectivity index (χ0) is 15.0. The van der Waals surface area contributed by atoms with E-state index in [1.165, 1.54) is 5.70 Å². The van der Waals surface area contributed by atoms with Crippen LogP contribution >= 0.6 is 0 Å². The topological polar surface area (TPSA) is 18.8 Å². The van der Waals surface area contributed by atoms with E-state index < -0.39 is 0 Å². The van der Waals surface area contributed by atoms with Gasteiger partial charge in [0.25, 0.3) is 0 Å². The molecule has 1 aliphatic rings. The first-order valence-corrected chi connectivity index (χ1v) is 6.47. The molecule has 0 fully saturated rings. The summed E-state index contributed by atoms with van der Waals surface area (Å²) in [7, 11) is 2.01. The summed E-state index contributed by atoms with van der Waals surface area (Å²) < 4.78 is 0. The number of benzene rings is 1. The van der Waals surface area contributed by atoms with Crippen molar-refractivity contribution in [2.45, 2.75) is 20.8 Å². The molecule has 1 aromatic carbocycles. The molecular formula is C17H20N3W-. The zero-order valence-corrected chi connectivity index (χ0v) is 16.0. The molecule has 0 radical (unpaired) electrons. The molecule has 0 aromatic heterocycles. The Labute approximate surface area is 141 Å². The molecule has 0 N–H and O–H groups in total. The second-order valence-corrected chi connectivity index (χ2v) is 5.01. The van der Waals surface area contributed by atoms with Crippen molar-refractivity contribution in [2.24, 2.45) is 4.99 Å². The van der Waals surface area contributed by atoms with E-state index in [0.29, 0.717) is 0 Å². The van der Waals surface area contributed by atoms with Crippen LogP contribution in [0.2, 0.25) is 0 Å². The van der Waals surface area contributed by atoms with Crippen molar-refractivity contribution < 1.29 is 21.1 Å². The van der Waals surface area contributed by atoms with Gasteiger partial charge in [0, 0.05) is 39.5 Å². The molecule has 0 saturated carbocycles. The summed E-state index contributed by atoms with van der Waals surface area (Å²) in [6.07, 6.45) is 0. The molecular weight excluding hydrogens is 430 g/mol. The minimum atomic E-state index is 0. The summed E-state index contributed by atoms with van der Waals surface area (Å²) in [4.78, 5) is 8.04. The third-order valence-corrected chi connectivity index (χ3v) is 3.92. The summed E-state index contributed by atoms with van der Waals surface area (Å²) in [6, 6.07) is 7.00. The van der Waals surface area contributed by atoms with Crippen molar-refractivity contribution in [1.29, 1.82) is 0 Å². The molecule has 1 aromatic rings. The fourth-order valence-electron chi connectivity index (χ4n) is 2.32. The number of hydrogen-bond acceptors (Lipinski definition) is 3. The minimum Gasteiger partial charge on any atom is -0.352 e. The van der Waals surface area contributed by atoms with E-state index in [9.17, 15) is 0 Å². The molecule has 1 heterocycles. The van der Waals surface area contributed by atoms with E-state index in [4.69, 9.17) is 0 Å². The Bertz CT molecular complexity index is 643. The Hall–Kier alpha value is -1.60. The molecule has 1 aliphatic heterocycles. The van der Waals surface area contributed by atoms with E-state index in [0.717, 1.165) is 34.0 Å². The maximum absolute atomic E-state index is 4.20. The largest absolute Gasteiger partial charge is 0.352 e. The molecule has 0 atom stereocenters. The van der Waals surface area contributed by atoms with Gasteiger partial charge in [0.05, 0.1) is 5.82 Å². The molecule has 0 spiro atoms. The van der Waals surface area contributed by atoms with Gasteiger partial charge in [0.2, 0.25) is 0 Å². The molecule has 21 heavy (non-hydrogen) atoms. The molecule has 4 heteroatoms. The molecule has 0 amide bonds. The summed E-state index contributed by atoms with van der Waals surface area (Å²) in [5.74, 6) is 0.883. The molecule has 0 aliphatic carbocycles. The number of anilines is 1. The Morgan fingerprint density at radius 3 is 2.33 bits per heavy atom. The van der Waals surface area contributed by atoms with Crippen LogP contribution in [0.25, 0.3) is 0 Å². The van der Waals surface area contributed by atoms with Crippen LogP contribution in [0.15, 0.2) is 53.1 Å². The summed E-state index contributed by atoms with van der Waals surface area (Å²) >= 11 is 0. The number of hydrogen-bond donors (Lipinski definition) is 0. The first-order valence-electron chi connectivity index (χ1n) is 6.47. The third-order valence-electron chi connectivity index (χ3n) is 3.92. The molecule has 3 nitrogen and oxygen atoms in total. The van der Waals surface area contributed by atoms with Gasteiger partial charge in [-0.25, -0.2) is 0 Å². The second-order valence-electron chi connectivity index (χ2n) is 5.01. The maximum atomic E-state index is 4.20. The maximum Gasteiger partial charge on any atom is 0.0983 e. The normalized spacial score (nSPS) is 15.2. The minimum absolute atomic E-state index is 0. The fraction of sp³-hybridized carbons (Fsp3) is 0.235. The van der Waals surface area contributed by atoms with Crippen LogP contribution in [-0.2, 0) is 21.1 Å². The van der Waals surface area contributed by atoms with Gasteiger partial charge >= 0.3 is 0 Å². The molecule has 0 unspecified atom stereocenters. The zero-order valence-electron chi connectivity index (χ0n) is 13.0. The van der Waals surface area contributed by atoms with Gasteiger partial charge in [-0.15, -0.1) is 11.6 Å². The Morgan fingerprint density at radius 1 is 1.19 bits per heavy atom. The quantitative estimate of drug-likeness (QED) is 0.498. The van der Waals surface area contributed by atoms with E-state index in [2.05, 4.69) is 54.6 Å². The smallest absolute Gasteiger partial charge is 0.0983 e. The van der Waals surface area contributed by atoms with Crippen LogP contribution in [0, 0.1) is 13.0 Å². The van der Waals surface area contributed by atoms with E-state index in [-0.39, 0.29) is 21.1 Å². The summed E-state index contributed by atoms with van der Waals surface area (Å²) in [6.45, 7) is 18.1. The van der Waals surface area contributed by atoms with Crippen molar-refractivity contribution in [3.05, 3.63) is 59.7 Å². The van der Waals surface area contributed by atoms with Crippen molar-refractivity contribution >= 4 is 18.1 Å². The van der Waals surface area contributed by atoms with E-state index in [1.54, 1.807) is 0 Å². The van der Waals surface area contributed by atoms with Gasteiger partial charge in [0.15, 0.2) is 0 Å². The van der Waals surface area contributed by atoms with Crippen molar-refractivity contribution in [2.75, 3.05) is 11.9 Å². The molecule has 2 rings (SSSR count). The van der Waals surface area contributed by atoms with Crippen molar-refractivity contribution in [1.82, 2.24) is 4.90 Å². The predicted octanol–water partition coefficient (Wildman–Crippen LogP) is 4.16. The van der Waals surface area contributed by atoms with Gasteiger partial charge in [-0.05, 0) is 31.8 Å². The Kier molecular flexibility index (Phi) is 5.35. The average Bonchev–Trinajstić information content (AvgIpc) is 2.44. The Balaban J connectivity index is 0.00000220. The van der Waals surface area contributed by atoms with Gasteiger partial charge in [-0.2, -0.15) is 12.1 Å². The number of allylic oxidation sites excluding steroid dienone is 2. The number of aryl methyl sites for hydroxylation is 1. The van der Waals surface area contributed by atoms with Crippen LogP contribution in [-0.4, -0.2) is 18.7 Å². The average molecular weight is 450 g/mol. The SMILES string of the molecule is C=Nc1[c-]cc(N2C(=C)C(C)=C(C)N(C)C2=C)c(C)c1.[W]. The molecule has 0 saturated heterocycles. The van der Waals surface area contributed by atoms with E-state index >= 15 is 0 Å². The summed E-state index contributed by atoms with van der Waals surface area (Å²) in [5, 5.41) is 0. The number of rotatable bonds is 2. The van der Waals surface area contributed by atoms with Crippen LogP contribution in [0.1, 0.15) is 19.4 Å². The fourth-order valence-corrected chi connectivity index (χ4v) is 2.32. The predicted molar refractivity (Wildman–Crippen MR) is 86.1 cm³/mol. The van der Waals surface area contributed by atoms with Crippen LogP contribution in [0.4, 0.5) is 11.4 Å². The van der Waals surface area contributed by atoms with Crippen LogP contribution < -0.4 is 4.90 Å². The second kappa shape index (κ2) is 6.44. The van der Waals surface area contributed by atoms with Gasteiger partial charge < -0.3 is 9.80 Å². The van der Waals surface area contributed by atoms with Gasteiger partial charge in [0.1, 0.15) is 0 Å². The van der Waals surface area contributed by atoms with Gasteiger partial charge in [-0.1, -0.05) is 25.8 Å². The first kappa shape index (κ1) is 17.4. The van der Waals surface area contributed by atoms with E-state index in [1.807, 2.05) is 26.1 Å². The molecule has 110 valence electrons. The standard InChI is InChI=1S/C17H20N3.W/c1-11-10-16(18-6)8-9-17(11)20-14(4)12(2)13(3)19(7)15(20)5;/h9-10H,4-6H2,1-3,7H3;/q-1;. The number of nitrogens with zero attached hydrogens (tertiary/aromatic N) is 3. The first-order chi connectivity index (χ1) is 9.38. The van der Waals surface area contributed by atoms with Crippen molar-refractivity contribution in [3.63, 3.8) is 0 Å². The number of aliphatic imine (C=N–C) groups is 1. The van der Waals surface area contributed by atoms with Crippen LogP contribution in [0.3, 0.4) is 0 Å². The van der Waals surface area contributed by atoms with Crippen LogP contribution in [0.5, 0.6) is 0 Å². The Morgan fingerprint density at radius 2 is 1.81 bits per heavy atom. The van der Waals surface area contributed by atoms with Crippen molar-refractivity contribution in [3.8, 4) is 0 Å². The molecule has 0 bridgehead atoms. The third kappa shape index (κ3) is 2.89. The monoisotopic (exact) mass is 450 g/mol.